The van der Waals surface area contributed by atoms with E-state index in [0.717, 1.165) is 6.54 Å². The lowest BCUT2D eigenvalue weighted by Gasteiger charge is -2.18. The van der Waals surface area contributed by atoms with E-state index >= 15 is 0 Å². The first-order valence-corrected chi connectivity index (χ1v) is 6.87. The molecule has 1 heterocycles. The van der Waals surface area contributed by atoms with Gasteiger partial charge < -0.3 is 15.6 Å². The van der Waals surface area contributed by atoms with E-state index in [0.29, 0.717) is 24.6 Å². The fraction of sp³-hybridized carbons (Fsp3) is 0.643. The molecule has 0 saturated carbocycles. The largest absolute Gasteiger partial charge is 0.351 e. The van der Waals surface area contributed by atoms with Crippen LogP contribution >= 0.6 is 0 Å². The zero-order valence-corrected chi connectivity index (χ0v) is 12.9. The predicted molar refractivity (Wildman–Crippen MR) is 79.2 cm³/mol. The normalized spacial score (nSPS) is 11.4. The second-order valence-corrected chi connectivity index (χ2v) is 5.73. The van der Waals surface area contributed by atoms with Gasteiger partial charge in [0.1, 0.15) is 11.4 Å². The number of hydrogen-bond acceptors (Lipinski definition) is 4. The molecule has 0 aliphatic heterocycles. The summed E-state index contributed by atoms with van der Waals surface area (Å²) in [6, 6.07) is 0. The molecule has 0 bridgehead atoms. The van der Waals surface area contributed by atoms with Gasteiger partial charge in [0.25, 0.3) is 11.5 Å². The first-order valence-electron chi connectivity index (χ1n) is 6.87. The van der Waals surface area contributed by atoms with Gasteiger partial charge in [-0.1, -0.05) is 27.7 Å². The summed E-state index contributed by atoms with van der Waals surface area (Å²) < 4.78 is 0. The molecule has 1 rings (SSSR count). The third-order valence-corrected chi connectivity index (χ3v) is 2.88. The Morgan fingerprint density at radius 2 is 1.95 bits per heavy atom. The van der Waals surface area contributed by atoms with Crippen molar-refractivity contribution in [3.63, 3.8) is 0 Å². The molecule has 112 valence electrons. The van der Waals surface area contributed by atoms with Crippen molar-refractivity contribution in [1.29, 1.82) is 0 Å². The summed E-state index contributed by atoms with van der Waals surface area (Å²) in [5.41, 5.74) is -0.0956. The highest BCUT2D eigenvalue weighted by atomic mass is 16.2. The Hall–Kier alpha value is -1.69. The number of aromatic amines is 1. The van der Waals surface area contributed by atoms with Crippen LogP contribution in [0.3, 0.4) is 0 Å². The average Bonchev–Trinajstić information content (AvgIpc) is 2.32. The first-order chi connectivity index (χ1) is 9.27. The molecule has 1 aromatic rings. The number of carbonyl (C=O) groups excluding carboxylic acids is 1. The maximum Gasteiger partial charge on any atom is 0.264 e. The van der Waals surface area contributed by atoms with Crippen molar-refractivity contribution < 1.29 is 4.79 Å². The monoisotopic (exact) mass is 280 g/mol. The van der Waals surface area contributed by atoms with E-state index in [4.69, 9.17) is 0 Å². The van der Waals surface area contributed by atoms with Crippen LogP contribution in [-0.2, 0) is 5.41 Å². The average molecular weight is 280 g/mol. The van der Waals surface area contributed by atoms with E-state index in [1.807, 2.05) is 27.7 Å². The summed E-state index contributed by atoms with van der Waals surface area (Å²) in [6.07, 6.45) is 0. The van der Waals surface area contributed by atoms with Crippen LogP contribution in [0.25, 0.3) is 0 Å². The Balaban J connectivity index is 2.91. The number of hydrogen-bond donors (Lipinski definition) is 3. The second-order valence-electron chi connectivity index (χ2n) is 5.73. The van der Waals surface area contributed by atoms with E-state index in [1.165, 1.54) is 0 Å². The zero-order chi connectivity index (χ0) is 15.3. The minimum atomic E-state index is -0.386. The minimum Gasteiger partial charge on any atom is -0.351 e. The van der Waals surface area contributed by atoms with Crippen molar-refractivity contribution in [2.75, 3.05) is 19.6 Å². The van der Waals surface area contributed by atoms with E-state index in [9.17, 15) is 9.59 Å². The summed E-state index contributed by atoms with van der Waals surface area (Å²) in [4.78, 5) is 31.1. The molecule has 3 N–H and O–H groups in total. The van der Waals surface area contributed by atoms with Gasteiger partial charge in [0, 0.05) is 18.5 Å². The van der Waals surface area contributed by atoms with Gasteiger partial charge in [0.2, 0.25) is 0 Å². The third kappa shape index (κ3) is 4.16. The van der Waals surface area contributed by atoms with Crippen molar-refractivity contribution in [3.05, 3.63) is 27.4 Å². The van der Waals surface area contributed by atoms with Gasteiger partial charge in [0.15, 0.2) is 0 Å². The number of H-pyrrole nitrogens is 1. The Morgan fingerprint density at radius 1 is 1.30 bits per heavy atom. The molecule has 1 aromatic heterocycles. The van der Waals surface area contributed by atoms with E-state index in [1.54, 1.807) is 6.92 Å². The molecule has 1 amide bonds. The highest BCUT2D eigenvalue weighted by Crippen LogP contribution is 2.17. The van der Waals surface area contributed by atoms with Crippen molar-refractivity contribution in [3.8, 4) is 0 Å². The predicted octanol–water partition coefficient (Wildman–Crippen LogP) is 0.715. The summed E-state index contributed by atoms with van der Waals surface area (Å²) in [6.45, 7) is 11.6. The number of amides is 1. The van der Waals surface area contributed by atoms with Gasteiger partial charge in [0.05, 0.1) is 5.69 Å². The number of rotatable bonds is 5. The van der Waals surface area contributed by atoms with Gasteiger partial charge in [-0.15, -0.1) is 0 Å². The fourth-order valence-corrected chi connectivity index (χ4v) is 1.74. The molecule has 0 aromatic carbocycles. The van der Waals surface area contributed by atoms with Gasteiger partial charge in [-0.3, -0.25) is 9.59 Å². The summed E-state index contributed by atoms with van der Waals surface area (Å²) >= 11 is 0. The summed E-state index contributed by atoms with van der Waals surface area (Å²) in [7, 11) is 0. The van der Waals surface area contributed by atoms with Crippen molar-refractivity contribution in [1.82, 2.24) is 20.6 Å². The van der Waals surface area contributed by atoms with Gasteiger partial charge in [-0.2, -0.15) is 0 Å². The number of nitrogens with one attached hydrogen (secondary N) is 3. The van der Waals surface area contributed by atoms with Crippen LogP contribution in [0.4, 0.5) is 0 Å². The number of carbonyl (C=O) groups is 1. The summed E-state index contributed by atoms with van der Waals surface area (Å²) in [5.74, 6) is 0.207. The topological polar surface area (TPSA) is 86.9 Å². The standard InChI is InChI=1S/C14H24N4O2/c1-6-15-7-8-16-11(19)10-9(2)17-13(14(3,4)5)18-12(10)20/h15H,6-8H2,1-5H3,(H,16,19)(H,17,18,20). The first kappa shape index (κ1) is 16.4. The Labute approximate surface area is 119 Å². The smallest absolute Gasteiger partial charge is 0.264 e. The lowest BCUT2D eigenvalue weighted by atomic mass is 9.95. The Morgan fingerprint density at radius 3 is 2.45 bits per heavy atom. The number of aromatic nitrogens is 2. The number of likely N-dealkylation sites (N-methyl/N-ethyl adjacent to an activating group) is 1. The molecule has 0 saturated heterocycles. The van der Waals surface area contributed by atoms with E-state index < -0.39 is 0 Å². The van der Waals surface area contributed by atoms with Gasteiger partial charge in [-0.25, -0.2) is 4.98 Å². The number of aryl methyl sites for hydroxylation is 1. The van der Waals surface area contributed by atoms with Crippen molar-refractivity contribution >= 4 is 5.91 Å². The van der Waals surface area contributed by atoms with Crippen LogP contribution in [0, 0.1) is 6.92 Å². The fourth-order valence-electron chi connectivity index (χ4n) is 1.74. The number of nitrogens with zero attached hydrogens (tertiary/aromatic N) is 1. The lowest BCUT2D eigenvalue weighted by Crippen LogP contribution is -2.36. The molecule has 0 aliphatic carbocycles. The highest BCUT2D eigenvalue weighted by molar-refractivity contribution is 5.94. The zero-order valence-electron chi connectivity index (χ0n) is 12.9. The SMILES string of the molecule is CCNCCNC(=O)c1c(C)nc(C(C)(C)C)[nH]c1=O. The van der Waals surface area contributed by atoms with Crippen LogP contribution in [0.1, 0.15) is 49.6 Å². The van der Waals surface area contributed by atoms with E-state index in [2.05, 4.69) is 20.6 Å². The molecule has 0 unspecified atom stereocenters. The van der Waals surface area contributed by atoms with Crippen LogP contribution < -0.4 is 16.2 Å². The van der Waals surface area contributed by atoms with E-state index in [-0.39, 0.29) is 22.4 Å². The second kappa shape index (κ2) is 6.65. The molecule has 0 aliphatic rings. The molecule has 0 spiro atoms. The van der Waals surface area contributed by atoms with Crippen molar-refractivity contribution in [2.24, 2.45) is 0 Å². The molecular weight excluding hydrogens is 256 g/mol. The third-order valence-electron chi connectivity index (χ3n) is 2.88. The highest BCUT2D eigenvalue weighted by Gasteiger charge is 2.21. The minimum absolute atomic E-state index is 0.0921. The van der Waals surface area contributed by atoms with Crippen molar-refractivity contribution in [2.45, 2.75) is 40.0 Å². The Kier molecular flexibility index (Phi) is 5.44. The molecular formula is C14H24N4O2. The molecule has 6 nitrogen and oxygen atoms in total. The molecule has 20 heavy (non-hydrogen) atoms. The molecule has 6 heteroatoms. The maximum atomic E-state index is 12.1. The summed E-state index contributed by atoms with van der Waals surface area (Å²) in [5, 5.41) is 5.81. The van der Waals surface area contributed by atoms with Crippen LogP contribution in [-0.4, -0.2) is 35.5 Å². The molecule has 0 radical (unpaired) electrons. The van der Waals surface area contributed by atoms with Gasteiger partial charge >= 0.3 is 0 Å². The van der Waals surface area contributed by atoms with Crippen LogP contribution in [0.15, 0.2) is 4.79 Å². The van der Waals surface area contributed by atoms with Crippen LogP contribution in [0.2, 0.25) is 0 Å². The Bertz CT molecular complexity index is 529. The quantitative estimate of drug-likeness (QED) is 0.693. The van der Waals surface area contributed by atoms with Crippen LogP contribution in [0.5, 0.6) is 0 Å². The van der Waals surface area contributed by atoms with Gasteiger partial charge in [-0.05, 0) is 13.5 Å². The maximum absolute atomic E-state index is 12.1. The molecule has 0 fully saturated rings. The molecule has 0 atom stereocenters. The lowest BCUT2D eigenvalue weighted by molar-refractivity contribution is 0.0951.